The molecule has 0 saturated carbocycles. The van der Waals surface area contributed by atoms with Crippen molar-refractivity contribution in [3.8, 4) is 17.2 Å². The number of H-pyrrole nitrogens is 1. The molecular weight excluding hydrogens is 338 g/mol. The highest BCUT2D eigenvalue weighted by molar-refractivity contribution is 5.98. The Balaban J connectivity index is 1.91. The smallest absolute Gasteiger partial charge is 0.150 e. The number of aldehydes is 1. The van der Waals surface area contributed by atoms with Crippen molar-refractivity contribution in [1.82, 2.24) is 19.7 Å². The second-order valence-corrected chi connectivity index (χ2v) is 6.55. The number of aryl methyl sites for hydroxylation is 2. The first-order valence-corrected chi connectivity index (χ1v) is 8.55. The molecule has 0 fully saturated rings. The third-order valence-electron chi connectivity index (χ3n) is 4.65. The van der Waals surface area contributed by atoms with Crippen LogP contribution in [0.25, 0.3) is 22.2 Å². The molecule has 0 radical (unpaired) electrons. The summed E-state index contributed by atoms with van der Waals surface area (Å²) in [6, 6.07) is 11.9. The predicted molar refractivity (Wildman–Crippen MR) is 102 cm³/mol. The van der Waals surface area contributed by atoms with Crippen LogP contribution in [0, 0.1) is 18.3 Å². The van der Waals surface area contributed by atoms with E-state index in [0.717, 1.165) is 39.8 Å². The molecule has 0 amide bonds. The summed E-state index contributed by atoms with van der Waals surface area (Å²) in [6.07, 6.45) is 5.03. The van der Waals surface area contributed by atoms with Crippen LogP contribution in [-0.4, -0.2) is 26.0 Å². The van der Waals surface area contributed by atoms with E-state index in [2.05, 4.69) is 21.1 Å². The van der Waals surface area contributed by atoms with Crippen LogP contribution in [0.3, 0.4) is 0 Å². The first-order valence-electron chi connectivity index (χ1n) is 8.55. The van der Waals surface area contributed by atoms with E-state index >= 15 is 0 Å². The van der Waals surface area contributed by atoms with Crippen molar-refractivity contribution >= 4 is 17.3 Å². The molecule has 0 unspecified atom stereocenters. The molecule has 0 atom stereocenters. The molecule has 4 rings (SSSR count). The lowest BCUT2D eigenvalue weighted by molar-refractivity contribution is 0.112. The van der Waals surface area contributed by atoms with E-state index in [0.29, 0.717) is 23.2 Å². The quantitative estimate of drug-likeness (QED) is 0.567. The summed E-state index contributed by atoms with van der Waals surface area (Å²) in [5.41, 5.74) is 6.43. The number of aromatic amines is 1. The standard InChI is InChI=1S/C21H17N5O/c1-13-7-14(3-4-15(13)12-27)19-9-18(8-17-5-6-26(2)25-17)24-21-20(19)16(10-22)11-23-21/h3-7,9,11-12H,8H2,1-2H3,(H,23,24). The van der Waals surface area contributed by atoms with Crippen molar-refractivity contribution in [2.45, 2.75) is 13.3 Å². The number of hydrogen-bond acceptors (Lipinski definition) is 4. The zero-order chi connectivity index (χ0) is 19.0. The van der Waals surface area contributed by atoms with Crippen LogP contribution in [0.1, 0.15) is 32.9 Å². The molecule has 0 aliphatic heterocycles. The molecule has 132 valence electrons. The summed E-state index contributed by atoms with van der Waals surface area (Å²) < 4.78 is 1.76. The van der Waals surface area contributed by atoms with E-state index in [1.54, 1.807) is 16.9 Å². The minimum absolute atomic E-state index is 0.550. The van der Waals surface area contributed by atoms with Gasteiger partial charge in [-0.25, -0.2) is 4.98 Å². The van der Waals surface area contributed by atoms with Gasteiger partial charge in [0, 0.05) is 42.5 Å². The number of carbonyl (C=O) groups excluding carboxylic acids is 1. The third-order valence-corrected chi connectivity index (χ3v) is 4.65. The maximum Gasteiger partial charge on any atom is 0.150 e. The number of pyridine rings is 1. The average molecular weight is 355 g/mol. The fraction of sp³-hybridized carbons (Fsp3) is 0.143. The second-order valence-electron chi connectivity index (χ2n) is 6.55. The molecule has 3 aromatic heterocycles. The van der Waals surface area contributed by atoms with Crippen LogP contribution in [0.2, 0.25) is 0 Å². The van der Waals surface area contributed by atoms with Gasteiger partial charge in [0.15, 0.2) is 0 Å². The number of benzene rings is 1. The highest BCUT2D eigenvalue weighted by Crippen LogP contribution is 2.32. The molecule has 0 bridgehead atoms. The molecule has 4 aromatic rings. The Hall–Kier alpha value is -3.72. The Morgan fingerprint density at radius 1 is 1.26 bits per heavy atom. The van der Waals surface area contributed by atoms with Crippen molar-refractivity contribution < 1.29 is 4.79 Å². The van der Waals surface area contributed by atoms with E-state index in [-0.39, 0.29) is 0 Å². The zero-order valence-corrected chi connectivity index (χ0v) is 15.0. The Labute approximate surface area is 156 Å². The first-order chi connectivity index (χ1) is 13.1. The van der Waals surface area contributed by atoms with Crippen LogP contribution in [0.15, 0.2) is 42.7 Å². The minimum Gasteiger partial charge on any atom is -0.345 e. The van der Waals surface area contributed by atoms with Crippen LogP contribution in [0.4, 0.5) is 0 Å². The molecule has 3 heterocycles. The molecule has 0 spiro atoms. The number of fused-ring (bicyclic) bond motifs is 1. The Kier molecular flexibility index (Phi) is 4.05. The van der Waals surface area contributed by atoms with Gasteiger partial charge in [-0.3, -0.25) is 9.48 Å². The van der Waals surface area contributed by atoms with Gasteiger partial charge < -0.3 is 4.98 Å². The summed E-state index contributed by atoms with van der Waals surface area (Å²) in [4.78, 5) is 18.9. The van der Waals surface area contributed by atoms with Gasteiger partial charge in [-0.2, -0.15) is 10.4 Å². The van der Waals surface area contributed by atoms with Crippen LogP contribution in [-0.2, 0) is 13.5 Å². The van der Waals surface area contributed by atoms with Crippen molar-refractivity contribution in [3.05, 3.63) is 70.8 Å². The van der Waals surface area contributed by atoms with Gasteiger partial charge in [-0.1, -0.05) is 18.2 Å². The number of rotatable bonds is 4. The molecule has 6 heteroatoms. The fourth-order valence-electron chi connectivity index (χ4n) is 3.31. The summed E-state index contributed by atoms with van der Waals surface area (Å²) in [7, 11) is 1.88. The highest BCUT2D eigenvalue weighted by atomic mass is 16.1. The Bertz CT molecular complexity index is 1210. The van der Waals surface area contributed by atoms with Crippen molar-refractivity contribution in [3.63, 3.8) is 0 Å². The molecule has 27 heavy (non-hydrogen) atoms. The third kappa shape index (κ3) is 3.00. The van der Waals surface area contributed by atoms with E-state index in [9.17, 15) is 10.1 Å². The normalized spacial score (nSPS) is 10.9. The largest absolute Gasteiger partial charge is 0.345 e. The van der Waals surface area contributed by atoms with Crippen LogP contribution in [0.5, 0.6) is 0 Å². The van der Waals surface area contributed by atoms with E-state index in [1.807, 2.05) is 44.4 Å². The zero-order valence-electron chi connectivity index (χ0n) is 15.0. The van der Waals surface area contributed by atoms with E-state index in [1.165, 1.54) is 0 Å². The van der Waals surface area contributed by atoms with Gasteiger partial charge in [0.2, 0.25) is 0 Å². The topological polar surface area (TPSA) is 87.4 Å². The highest BCUT2D eigenvalue weighted by Gasteiger charge is 2.15. The van der Waals surface area contributed by atoms with Gasteiger partial charge in [-0.05, 0) is 35.7 Å². The molecule has 6 nitrogen and oxygen atoms in total. The maximum absolute atomic E-state index is 11.1. The lowest BCUT2D eigenvalue weighted by Crippen LogP contribution is -1.97. The second kappa shape index (κ2) is 6.54. The van der Waals surface area contributed by atoms with Crippen LogP contribution < -0.4 is 0 Å². The average Bonchev–Trinajstić information content (AvgIpc) is 3.26. The number of carbonyl (C=O) groups is 1. The Morgan fingerprint density at radius 3 is 2.78 bits per heavy atom. The number of nitrogens with zero attached hydrogens (tertiary/aromatic N) is 4. The van der Waals surface area contributed by atoms with Gasteiger partial charge >= 0.3 is 0 Å². The number of nitrogens with one attached hydrogen (secondary N) is 1. The van der Waals surface area contributed by atoms with E-state index < -0.39 is 0 Å². The predicted octanol–water partition coefficient (Wildman–Crippen LogP) is 3.55. The van der Waals surface area contributed by atoms with Crippen molar-refractivity contribution in [1.29, 1.82) is 5.26 Å². The SMILES string of the molecule is Cc1cc(-c2cc(Cc3ccn(C)n3)nc3[nH]cc(C#N)c23)ccc1C=O. The fourth-order valence-corrected chi connectivity index (χ4v) is 3.31. The number of aromatic nitrogens is 4. The molecule has 0 aliphatic rings. The van der Waals surface area contributed by atoms with E-state index in [4.69, 9.17) is 0 Å². The van der Waals surface area contributed by atoms with Crippen molar-refractivity contribution in [2.75, 3.05) is 0 Å². The first kappa shape index (κ1) is 16.7. The molecule has 1 N–H and O–H groups in total. The summed E-state index contributed by atoms with van der Waals surface area (Å²) in [6.45, 7) is 1.91. The number of hydrogen-bond donors (Lipinski definition) is 1. The van der Waals surface area contributed by atoms with Gasteiger partial charge in [-0.15, -0.1) is 0 Å². The monoisotopic (exact) mass is 355 g/mol. The molecular formula is C21H17N5O. The van der Waals surface area contributed by atoms with Crippen LogP contribution >= 0.6 is 0 Å². The summed E-state index contributed by atoms with van der Waals surface area (Å²) in [5.74, 6) is 0. The molecule has 0 aliphatic carbocycles. The van der Waals surface area contributed by atoms with Gasteiger partial charge in [0.1, 0.15) is 18.0 Å². The minimum atomic E-state index is 0.550. The maximum atomic E-state index is 11.1. The summed E-state index contributed by atoms with van der Waals surface area (Å²) >= 11 is 0. The lowest BCUT2D eigenvalue weighted by Gasteiger charge is -2.09. The van der Waals surface area contributed by atoms with Gasteiger partial charge in [0.25, 0.3) is 0 Å². The molecule has 1 aromatic carbocycles. The van der Waals surface area contributed by atoms with Gasteiger partial charge in [0.05, 0.1) is 11.3 Å². The molecule has 0 saturated heterocycles. The lowest BCUT2D eigenvalue weighted by atomic mass is 9.96. The number of nitriles is 1. The summed E-state index contributed by atoms with van der Waals surface area (Å²) in [5, 5.41) is 14.7. The van der Waals surface area contributed by atoms with Crippen molar-refractivity contribution in [2.24, 2.45) is 7.05 Å². The Morgan fingerprint density at radius 2 is 2.11 bits per heavy atom.